The predicted octanol–water partition coefficient (Wildman–Crippen LogP) is 3.81. The van der Waals surface area contributed by atoms with Crippen LogP contribution in [0.1, 0.15) is 18.4 Å². The first-order valence-corrected chi connectivity index (χ1v) is 6.87. The van der Waals surface area contributed by atoms with Crippen molar-refractivity contribution in [3.05, 3.63) is 36.0 Å². The van der Waals surface area contributed by atoms with Gasteiger partial charge in [-0.25, -0.2) is 0 Å². The summed E-state index contributed by atoms with van der Waals surface area (Å²) in [6, 6.07) is 5.17. The number of nitrogens with one attached hydrogen (secondary N) is 1. The van der Waals surface area contributed by atoms with Crippen molar-refractivity contribution in [1.82, 2.24) is 10.3 Å². The molecule has 120 valence electrons. The van der Waals surface area contributed by atoms with E-state index in [1.165, 1.54) is 6.07 Å². The monoisotopic (exact) mass is 332 g/mol. The van der Waals surface area contributed by atoms with Crippen molar-refractivity contribution in [2.75, 3.05) is 13.1 Å². The molecule has 0 aliphatic carbocycles. The summed E-state index contributed by atoms with van der Waals surface area (Å²) in [6.45, 7) is 1.73. The molecule has 0 bridgehead atoms. The molecule has 2 heterocycles. The van der Waals surface area contributed by atoms with Crippen molar-refractivity contribution in [3.63, 3.8) is 0 Å². The van der Waals surface area contributed by atoms with Gasteiger partial charge in [-0.2, -0.15) is 13.2 Å². The van der Waals surface area contributed by atoms with Crippen LogP contribution in [0.25, 0.3) is 10.9 Å². The molecule has 1 fully saturated rings. The Morgan fingerprint density at radius 3 is 2.55 bits per heavy atom. The molecule has 7 heteroatoms. The van der Waals surface area contributed by atoms with Gasteiger partial charge in [0.05, 0.1) is 11.1 Å². The van der Waals surface area contributed by atoms with Crippen LogP contribution in [0.15, 0.2) is 30.5 Å². The maximum atomic E-state index is 12.8. The number of nitrogens with zero attached hydrogens (tertiary/aromatic N) is 1. The highest BCUT2D eigenvalue weighted by molar-refractivity contribution is 5.86. The lowest BCUT2D eigenvalue weighted by molar-refractivity contribution is -0.137. The van der Waals surface area contributed by atoms with Crippen LogP contribution in [0.4, 0.5) is 13.2 Å². The lowest BCUT2D eigenvalue weighted by Crippen LogP contribution is -2.34. The Morgan fingerprint density at radius 1 is 1.14 bits per heavy atom. The molecule has 1 aliphatic rings. The zero-order valence-electron chi connectivity index (χ0n) is 11.7. The molecule has 1 aromatic heterocycles. The van der Waals surface area contributed by atoms with E-state index >= 15 is 0 Å². The van der Waals surface area contributed by atoms with Gasteiger partial charge in [-0.05, 0) is 50.2 Å². The minimum atomic E-state index is -4.37. The molecule has 0 amide bonds. The number of halogens is 4. The molecule has 2 aromatic rings. The molecule has 1 N–H and O–H groups in total. The molecule has 0 atom stereocenters. The Bertz CT molecular complexity index is 642. The lowest BCUT2D eigenvalue weighted by atomic mass is 10.1. The van der Waals surface area contributed by atoms with Gasteiger partial charge in [-0.15, -0.1) is 12.4 Å². The van der Waals surface area contributed by atoms with Gasteiger partial charge in [0.25, 0.3) is 0 Å². The smallest absolute Gasteiger partial charge is 0.416 e. The Labute approximate surface area is 132 Å². The second kappa shape index (κ2) is 6.71. The predicted molar refractivity (Wildman–Crippen MR) is 80.5 cm³/mol. The van der Waals surface area contributed by atoms with Gasteiger partial charge in [0.2, 0.25) is 0 Å². The molecule has 0 saturated carbocycles. The van der Waals surface area contributed by atoms with E-state index in [4.69, 9.17) is 4.74 Å². The highest BCUT2D eigenvalue weighted by Crippen LogP contribution is 2.34. The minimum absolute atomic E-state index is 0. The van der Waals surface area contributed by atoms with Crippen LogP contribution in [0.3, 0.4) is 0 Å². The molecule has 0 radical (unpaired) electrons. The van der Waals surface area contributed by atoms with E-state index in [0.717, 1.165) is 38.1 Å². The summed E-state index contributed by atoms with van der Waals surface area (Å²) in [5.74, 6) is 0.470. The van der Waals surface area contributed by atoms with Gasteiger partial charge in [-0.3, -0.25) is 4.98 Å². The molecule has 1 aliphatic heterocycles. The number of aromatic nitrogens is 1. The van der Waals surface area contributed by atoms with Crippen LogP contribution in [-0.2, 0) is 6.18 Å². The van der Waals surface area contributed by atoms with Crippen LogP contribution in [0.2, 0.25) is 0 Å². The van der Waals surface area contributed by atoms with Gasteiger partial charge < -0.3 is 10.1 Å². The number of ether oxygens (including phenoxy) is 1. The molecule has 3 nitrogen and oxygen atoms in total. The standard InChI is InChI=1S/C15H15F3N2O.ClH/c16-15(17,18)10-1-2-13-12(9-10)14(5-8-20-13)21-11-3-6-19-7-4-11;/h1-2,5,8-9,11,19H,3-4,6-7H2;1H. The van der Waals surface area contributed by atoms with Crippen LogP contribution in [0, 0.1) is 0 Å². The first kappa shape index (κ1) is 16.8. The van der Waals surface area contributed by atoms with E-state index in [1.54, 1.807) is 12.3 Å². The zero-order valence-corrected chi connectivity index (χ0v) is 12.5. The third-order valence-corrected chi connectivity index (χ3v) is 3.61. The van der Waals surface area contributed by atoms with Crippen molar-refractivity contribution < 1.29 is 17.9 Å². The number of benzene rings is 1. The van der Waals surface area contributed by atoms with Crippen LogP contribution in [-0.4, -0.2) is 24.2 Å². The molecule has 0 spiro atoms. The van der Waals surface area contributed by atoms with Crippen molar-refractivity contribution in [2.45, 2.75) is 25.1 Å². The molecule has 0 unspecified atom stereocenters. The Balaban J connectivity index is 0.00000176. The Kier molecular flexibility index (Phi) is 5.13. The fraction of sp³-hybridized carbons (Fsp3) is 0.400. The van der Waals surface area contributed by atoms with Crippen LogP contribution in [0.5, 0.6) is 5.75 Å². The summed E-state index contributed by atoms with van der Waals surface area (Å²) in [4.78, 5) is 4.10. The summed E-state index contributed by atoms with van der Waals surface area (Å²) in [5.41, 5.74) is -0.174. The second-order valence-electron chi connectivity index (χ2n) is 5.11. The van der Waals surface area contributed by atoms with E-state index < -0.39 is 11.7 Å². The van der Waals surface area contributed by atoms with Crippen molar-refractivity contribution in [1.29, 1.82) is 0 Å². The van der Waals surface area contributed by atoms with Crippen molar-refractivity contribution >= 4 is 23.3 Å². The molecular weight excluding hydrogens is 317 g/mol. The first-order valence-electron chi connectivity index (χ1n) is 6.87. The van der Waals surface area contributed by atoms with Gasteiger partial charge in [0.1, 0.15) is 11.9 Å². The maximum Gasteiger partial charge on any atom is 0.416 e. The third-order valence-electron chi connectivity index (χ3n) is 3.61. The largest absolute Gasteiger partial charge is 0.490 e. The van der Waals surface area contributed by atoms with E-state index in [0.29, 0.717) is 16.7 Å². The third kappa shape index (κ3) is 3.62. The minimum Gasteiger partial charge on any atom is -0.490 e. The van der Waals surface area contributed by atoms with Crippen LogP contribution < -0.4 is 10.1 Å². The van der Waals surface area contributed by atoms with Gasteiger partial charge in [0.15, 0.2) is 0 Å². The number of alkyl halides is 3. The van der Waals surface area contributed by atoms with Gasteiger partial charge in [0, 0.05) is 11.6 Å². The normalized spacial score (nSPS) is 16.3. The number of hydrogen-bond donors (Lipinski definition) is 1. The second-order valence-corrected chi connectivity index (χ2v) is 5.11. The average Bonchev–Trinajstić information content (AvgIpc) is 2.47. The van der Waals surface area contributed by atoms with E-state index in [-0.39, 0.29) is 18.5 Å². The first-order chi connectivity index (χ1) is 10.0. The van der Waals surface area contributed by atoms with E-state index in [1.807, 2.05) is 0 Å². The molecule has 1 saturated heterocycles. The van der Waals surface area contributed by atoms with E-state index in [9.17, 15) is 13.2 Å². The zero-order chi connectivity index (χ0) is 14.9. The highest BCUT2D eigenvalue weighted by Gasteiger charge is 2.31. The Morgan fingerprint density at radius 2 is 1.86 bits per heavy atom. The quantitative estimate of drug-likeness (QED) is 0.908. The molecular formula is C15H16ClF3N2O. The summed E-state index contributed by atoms with van der Waals surface area (Å²) < 4.78 is 44.4. The number of pyridine rings is 1. The van der Waals surface area contributed by atoms with Crippen molar-refractivity contribution in [2.24, 2.45) is 0 Å². The number of piperidine rings is 1. The summed E-state index contributed by atoms with van der Waals surface area (Å²) in [7, 11) is 0. The summed E-state index contributed by atoms with van der Waals surface area (Å²) in [5, 5.41) is 3.63. The number of rotatable bonds is 2. The SMILES string of the molecule is Cl.FC(F)(F)c1ccc2nccc(OC3CCNCC3)c2c1. The average molecular weight is 333 g/mol. The van der Waals surface area contributed by atoms with Crippen molar-refractivity contribution in [3.8, 4) is 5.75 Å². The number of hydrogen-bond acceptors (Lipinski definition) is 3. The van der Waals surface area contributed by atoms with E-state index in [2.05, 4.69) is 10.3 Å². The van der Waals surface area contributed by atoms with Gasteiger partial charge in [-0.1, -0.05) is 0 Å². The fourth-order valence-corrected chi connectivity index (χ4v) is 2.49. The Hall–Kier alpha value is -1.53. The topological polar surface area (TPSA) is 34.1 Å². The lowest BCUT2D eigenvalue weighted by Gasteiger charge is -2.24. The maximum absolute atomic E-state index is 12.8. The molecule has 3 rings (SSSR count). The van der Waals surface area contributed by atoms with Crippen LogP contribution >= 0.6 is 12.4 Å². The highest BCUT2D eigenvalue weighted by atomic mass is 35.5. The molecule has 22 heavy (non-hydrogen) atoms. The van der Waals surface area contributed by atoms with Gasteiger partial charge >= 0.3 is 6.18 Å². The fourth-order valence-electron chi connectivity index (χ4n) is 2.49. The summed E-state index contributed by atoms with van der Waals surface area (Å²) in [6.07, 6.45) is -1.07. The summed E-state index contributed by atoms with van der Waals surface area (Å²) >= 11 is 0. The molecule has 1 aromatic carbocycles. The number of fused-ring (bicyclic) bond motifs is 1.